The molecule has 0 atom stereocenters. The van der Waals surface area contributed by atoms with Gasteiger partial charge in [-0.05, 0) is 68.5 Å². The van der Waals surface area contributed by atoms with E-state index in [-0.39, 0.29) is 16.8 Å². The fourth-order valence-corrected chi connectivity index (χ4v) is 3.81. The first-order valence-electron chi connectivity index (χ1n) is 10.2. The Balaban J connectivity index is 1.94. The number of carbonyl (C=O) groups excluding carboxylic acids is 1. The molecular weight excluding hydrogens is 344 g/mol. The van der Waals surface area contributed by atoms with Gasteiger partial charge in [0.05, 0.1) is 7.11 Å². The van der Waals surface area contributed by atoms with Gasteiger partial charge >= 0.3 is 5.97 Å². The fraction of sp³-hybridized carbons (Fsp3) is 0.423. The zero-order valence-electron chi connectivity index (χ0n) is 18.1. The van der Waals surface area contributed by atoms with E-state index in [9.17, 15) is 4.79 Å². The van der Waals surface area contributed by atoms with E-state index in [0.29, 0.717) is 6.42 Å². The van der Waals surface area contributed by atoms with Crippen LogP contribution < -0.4 is 0 Å². The molecule has 0 saturated carbocycles. The molecule has 0 saturated heterocycles. The monoisotopic (exact) mass is 376 g/mol. The van der Waals surface area contributed by atoms with E-state index in [2.05, 4.69) is 83.1 Å². The van der Waals surface area contributed by atoms with Crippen molar-refractivity contribution in [3.05, 3.63) is 59.7 Å². The van der Waals surface area contributed by atoms with Crippen molar-refractivity contribution >= 4 is 27.5 Å². The summed E-state index contributed by atoms with van der Waals surface area (Å²) in [4.78, 5) is 11.4. The number of methoxy groups -OCH3 is 1. The smallest absolute Gasteiger partial charge is 0.305 e. The Bertz CT molecular complexity index is 1010. The zero-order valence-corrected chi connectivity index (χ0v) is 18.1. The number of esters is 1. The summed E-state index contributed by atoms with van der Waals surface area (Å²) in [5.41, 5.74) is 2.84. The van der Waals surface area contributed by atoms with Crippen LogP contribution >= 0.6 is 0 Å². The highest BCUT2D eigenvalue weighted by Gasteiger charge is 2.21. The Morgan fingerprint density at radius 3 is 1.89 bits per heavy atom. The van der Waals surface area contributed by atoms with Crippen LogP contribution in [0, 0.1) is 0 Å². The van der Waals surface area contributed by atoms with E-state index in [1.807, 2.05) is 0 Å². The van der Waals surface area contributed by atoms with Crippen molar-refractivity contribution in [3.63, 3.8) is 0 Å². The minimum absolute atomic E-state index is 0.0183. The van der Waals surface area contributed by atoms with Gasteiger partial charge in [-0.3, -0.25) is 4.79 Å². The first-order chi connectivity index (χ1) is 13.1. The van der Waals surface area contributed by atoms with Crippen molar-refractivity contribution < 1.29 is 9.53 Å². The van der Waals surface area contributed by atoms with E-state index < -0.39 is 0 Å². The molecule has 0 aliphatic carbocycles. The largest absolute Gasteiger partial charge is 0.469 e. The lowest BCUT2D eigenvalue weighted by atomic mass is 9.79. The van der Waals surface area contributed by atoms with Crippen molar-refractivity contribution in [3.8, 4) is 0 Å². The molecule has 0 aromatic heterocycles. The van der Waals surface area contributed by atoms with Crippen molar-refractivity contribution in [1.29, 1.82) is 0 Å². The predicted octanol–water partition coefficient (Wildman–Crippen LogP) is 6.91. The van der Waals surface area contributed by atoms with Crippen LogP contribution in [0.3, 0.4) is 0 Å². The summed E-state index contributed by atoms with van der Waals surface area (Å²) in [6.45, 7) is 11.3. The van der Waals surface area contributed by atoms with E-state index in [1.54, 1.807) is 0 Å². The van der Waals surface area contributed by atoms with Gasteiger partial charge in [-0.25, -0.2) is 0 Å². The maximum absolute atomic E-state index is 11.4. The van der Waals surface area contributed by atoms with Gasteiger partial charge < -0.3 is 4.74 Å². The van der Waals surface area contributed by atoms with Crippen LogP contribution in [-0.4, -0.2) is 13.1 Å². The van der Waals surface area contributed by atoms with Gasteiger partial charge in [-0.2, -0.15) is 0 Å². The first-order valence-corrected chi connectivity index (χ1v) is 10.2. The number of fused-ring (bicyclic) bond motifs is 2. The van der Waals surface area contributed by atoms with E-state index in [1.165, 1.54) is 39.8 Å². The average Bonchev–Trinajstić information content (AvgIpc) is 2.64. The topological polar surface area (TPSA) is 26.3 Å². The molecule has 0 aliphatic rings. The highest BCUT2D eigenvalue weighted by Crippen LogP contribution is 2.34. The molecule has 3 aromatic rings. The van der Waals surface area contributed by atoms with Crippen LogP contribution in [0.2, 0.25) is 0 Å². The molecular formula is C26H32O2. The van der Waals surface area contributed by atoms with Crippen LogP contribution in [0.4, 0.5) is 0 Å². The molecule has 0 heterocycles. The third-order valence-electron chi connectivity index (χ3n) is 5.85. The summed E-state index contributed by atoms with van der Waals surface area (Å²) in [6, 6.07) is 18.2. The molecule has 2 nitrogen and oxygen atoms in total. The molecule has 0 unspecified atom stereocenters. The van der Waals surface area contributed by atoms with Gasteiger partial charge in [0.15, 0.2) is 0 Å². The van der Waals surface area contributed by atoms with Gasteiger partial charge in [0.2, 0.25) is 0 Å². The maximum Gasteiger partial charge on any atom is 0.305 e. The Morgan fingerprint density at radius 1 is 0.786 bits per heavy atom. The summed E-state index contributed by atoms with van der Waals surface area (Å²) >= 11 is 0. The van der Waals surface area contributed by atoms with Gasteiger partial charge in [-0.1, -0.05) is 71.0 Å². The minimum atomic E-state index is -0.129. The van der Waals surface area contributed by atoms with Crippen molar-refractivity contribution in [2.75, 3.05) is 7.11 Å². The molecule has 28 heavy (non-hydrogen) atoms. The maximum atomic E-state index is 11.4. The van der Waals surface area contributed by atoms with Crippen LogP contribution in [-0.2, 0) is 20.4 Å². The molecule has 148 valence electrons. The Hall–Kier alpha value is -2.35. The standard InChI is InChI=1S/C26H32O2/c1-25(2,3)22-11-9-18-14-19-10-12-23(17-21(19)15-20(18)16-22)26(4,5)13-7-8-24(27)28-6/h9-12,14-17H,7-8,13H2,1-6H3. The fourth-order valence-electron chi connectivity index (χ4n) is 3.81. The number of rotatable bonds is 5. The van der Waals surface area contributed by atoms with Gasteiger partial charge in [0.25, 0.3) is 0 Å². The van der Waals surface area contributed by atoms with E-state index in [0.717, 1.165) is 12.8 Å². The summed E-state index contributed by atoms with van der Waals surface area (Å²) in [6.07, 6.45) is 2.27. The van der Waals surface area contributed by atoms with Crippen molar-refractivity contribution in [2.24, 2.45) is 0 Å². The molecule has 2 heteroatoms. The molecule has 0 radical (unpaired) electrons. The molecule has 0 bridgehead atoms. The highest BCUT2D eigenvalue weighted by atomic mass is 16.5. The third-order valence-corrected chi connectivity index (χ3v) is 5.85. The zero-order chi connectivity index (χ0) is 20.5. The lowest BCUT2D eigenvalue weighted by molar-refractivity contribution is -0.140. The number of ether oxygens (including phenoxy) is 1. The average molecular weight is 377 g/mol. The lowest BCUT2D eigenvalue weighted by Crippen LogP contribution is -2.17. The second-order valence-corrected chi connectivity index (χ2v) is 9.54. The molecule has 3 rings (SSSR count). The second-order valence-electron chi connectivity index (χ2n) is 9.54. The minimum Gasteiger partial charge on any atom is -0.469 e. The molecule has 0 aliphatic heterocycles. The Morgan fingerprint density at radius 2 is 1.32 bits per heavy atom. The van der Waals surface area contributed by atoms with Gasteiger partial charge in [0, 0.05) is 6.42 Å². The van der Waals surface area contributed by atoms with Crippen molar-refractivity contribution in [1.82, 2.24) is 0 Å². The molecule has 0 N–H and O–H groups in total. The van der Waals surface area contributed by atoms with E-state index >= 15 is 0 Å². The first kappa shape index (κ1) is 20.4. The molecule has 0 spiro atoms. The van der Waals surface area contributed by atoms with Gasteiger partial charge in [0.1, 0.15) is 0 Å². The highest BCUT2D eigenvalue weighted by molar-refractivity contribution is 5.98. The summed E-state index contributed by atoms with van der Waals surface area (Å²) < 4.78 is 4.76. The van der Waals surface area contributed by atoms with E-state index in [4.69, 9.17) is 4.74 Å². The van der Waals surface area contributed by atoms with Crippen LogP contribution in [0.5, 0.6) is 0 Å². The second kappa shape index (κ2) is 7.58. The van der Waals surface area contributed by atoms with Crippen LogP contribution in [0.15, 0.2) is 48.5 Å². The summed E-state index contributed by atoms with van der Waals surface area (Å²) in [5.74, 6) is -0.129. The number of hydrogen-bond donors (Lipinski definition) is 0. The molecule has 0 fully saturated rings. The number of benzene rings is 3. The normalized spacial score (nSPS) is 12.5. The predicted molar refractivity (Wildman–Crippen MR) is 119 cm³/mol. The number of hydrogen-bond acceptors (Lipinski definition) is 2. The molecule has 0 amide bonds. The Kier molecular flexibility index (Phi) is 5.52. The van der Waals surface area contributed by atoms with Crippen molar-refractivity contribution in [2.45, 2.75) is 64.7 Å². The summed E-state index contributed by atoms with van der Waals surface area (Å²) in [7, 11) is 1.45. The Labute approximate surface area is 168 Å². The van der Waals surface area contributed by atoms with Crippen LogP contribution in [0.25, 0.3) is 21.5 Å². The number of carbonyl (C=O) groups is 1. The van der Waals surface area contributed by atoms with Gasteiger partial charge in [-0.15, -0.1) is 0 Å². The lowest BCUT2D eigenvalue weighted by Gasteiger charge is -2.26. The summed E-state index contributed by atoms with van der Waals surface area (Å²) in [5, 5.41) is 5.12. The van der Waals surface area contributed by atoms with Crippen LogP contribution in [0.1, 0.15) is 65.0 Å². The molecule has 3 aromatic carbocycles. The third kappa shape index (κ3) is 4.38. The quantitative estimate of drug-likeness (QED) is 0.357. The SMILES string of the molecule is COC(=O)CCCC(C)(C)c1ccc2cc3ccc(C(C)(C)C)cc3cc2c1.